The minimum Gasteiger partial charge on any atom is -0.497 e. The first-order chi connectivity index (χ1) is 16.1. The van der Waals surface area contributed by atoms with E-state index in [1.165, 1.54) is 0 Å². The molecule has 2 aromatic carbocycles. The van der Waals surface area contributed by atoms with Crippen molar-refractivity contribution in [1.29, 1.82) is 0 Å². The van der Waals surface area contributed by atoms with Gasteiger partial charge in [0, 0.05) is 12.6 Å². The zero-order valence-electron chi connectivity index (χ0n) is 19.0. The largest absolute Gasteiger partial charge is 0.497 e. The molecule has 0 spiro atoms. The number of ether oxygens (including phenoxy) is 4. The van der Waals surface area contributed by atoms with Gasteiger partial charge in [-0.2, -0.15) is 0 Å². The summed E-state index contributed by atoms with van der Waals surface area (Å²) in [6, 6.07) is 12.3. The monoisotopic (exact) mass is 456 g/mol. The maximum absolute atomic E-state index is 12.7. The molecule has 0 aliphatic carbocycles. The van der Waals surface area contributed by atoms with Crippen molar-refractivity contribution >= 4 is 5.91 Å². The summed E-state index contributed by atoms with van der Waals surface area (Å²) in [5.74, 6) is 2.47. The Morgan fingerprint density at radius 1 is 1.09 bits per heavy atom. The van der Waals surface area contributed by atoms with E-state index in [0.29, 0.717) is 48.3 Å². The fraction of sp³-hybridized carbons (Fsp3) is 0.480. The van der Waals surface area contributed by atoms with E-state index in [-0.39, 0.29) is 18.9 Å². The van der Waals surface area contributed by atoms with E-state index in [0.717, 1.165) is 25.9 Å². The molecule has 33 heavy (non-hydrogen) atoms. The van der Waals surface area contributed by atoms with Crippen LogP contribution in [0.3, 0.4) is 0 Å². The van der Waals surface area contributed by atoms with E-state index in [2.05, 4.69) is 10.2 Å². The Hall–Kier alpha value is -2.97. The maximum Gasteiger partial charge on any atom is 0.223 e. The van der Waals surface area contributed by atoms with Crippen molar-refractivity contribution in [2.45, 2.75) is 31.4 Å². The Balaban J connectivity index is 1.37. The van der Waals surface area contributed by atoms with Gasteiger partial charge in [0.15, 0.2) is 11.5 Å². The second kappa shape index (κ2) is 11.2. The van der Waals surface area contributed by atoms with E-state index < -0.39 is 12.1 Å². The fourth-order valence-corrected chi connectivity index (χ4v) is 4.18. The minimum absolute atomic E-state index is 0.168. The first kappa shape index (κ1) is 23.2. The number of rotatable bonds is 10. The van der Waals surface area contributed by atoms with Gasteiger partial charge in [0.1, 0.15) is 30.8 Å². The van der Waals surface area contributed by atoms with Crippen LogP contribution < -0.4 is 24.3 Å². The van der Waals surface area contributed by atoms with Crippen LogP contribution in [0.25, 0.3) is 0 Å². The highest BCUT2D eigenvalue weighted by molar-refractivity contribution is 5.76. The molecule has 2 aliphatic rings. The lowest BCUT2D eigenvalue weighted by Crippen LogP contribution is -2.47. The summed E-state index contributed by atoms with van der Waals surface area (Å²) in [6.07, 6.45) is 1.58. The van der Waals surface area contributed by atoms with Crippen LogP contribution >= 0.6 is 0 Å². The summed E-state index contributed by atoms with van der Waals surface area (Å²) in [5.41, 5.74) is 0.691. The van der Waals surface area contributed by atoms with Gasteiger partial charge in [-0.05, 0) is 55.8 Å². The number of likely N-dealkylation sites (tertiary alicyclic amines) is 1. The number of nitrogens with zero attached hydrogens (tertiary/aromatic N) is 1. The Bertz CT molecular complexity index is 931. The lowest BCUT2D eigenvalue weighted by molar-refractivity contribution is -0.123. The normalized spacial score (nSPS) is 17.3. The third-order valence-electron chi connectivity index (χ3n) is 5.93. The van der Waals surface area contributed by atoms with Crippen molar-refractivity contribution in [2.75, 3.05) is 46.6 Å². The molecule has 1 amide bonds. The van der Waals surface area contributed by atoms with E-state index >= 15 is 0 Å². The number of nitrogens with one attached hydrogen (secondary N) is 1. The molecule has 0 radical (unpaired) electrons. The average Bonchev–Trinajstić information content (AvgIpc) is 3.36. The number of benzene rings is 2. The molecular formula is C25H32N2O6. The summed E-state index contributed by atoms with van der Waals surface area (Å²) < 4.78 is 22.1. The lowest BCUT2D eigenvalue weighted by atomic mass is 10.0. The first-order valence-electron chi connectivity index (χ1n) is 11.5. The molecule has 1 fully saturated rings. The third-order valence-corrected chi connectivity index (χ3v) is 5.93. The molecule has 1 unspecified atom stereocenters. The number of fused-ring (bicyclic) bond motifs is 1. The van der Waals surface area contributed by atoms with Crippen molar-refractivity contribution in [2.24, 2.45) is 0 Å². The zero-order valence-corrected chi connectivity index (χ0v) is 19.0. The van der Waals surface area contributed by atoms with Gasteiger partial charge in [-0.3, -0.25) is 4.79 Å². The van der Waals surface area contributed by atoms with Crippen LogP contribution in [0, 0.1) is 0 Å². The molecule has 2 heterocycles. The smallest absolute Gasteiger partial charge is 0.223 e. The topological polar surface area (TPSA) is 89.5 Å². The van der Waals surface area contributed by atoms with Gasteiger partial charge < -0.3 is 34.3 Å². The Morgan fingerprint density at radius 3 is 2.64 bits per heavy atom. The van der Waals surface area contributed by atoms with Crippen molar-refractivity contribution in [3.05, 3.63) is 48.0 Å². The van der Waals surface area contributed by atoms with Gasteiger partial charge in [-0.1, -0.05) is 12.1 Å². The molecule has 2 aromatic rings. The number of hydrogen-bond donors (Lipinski definition) is 2. The summed E-state index contributed by atoms with van der Waals surface area (Å²) in [5, 5.41) is 14.2. The van der Waals surface area contributed by atoms with Crippen molar-refractivity contribution in [3.8, 4) is 23.0 Å². The molecule has 8 nitrogen and oxygen atoms in total. The molecule has 2 N–H and O–H groups in total. The molecule has 4 rings (SSSR count). The van der Waals surface area contributed by atoms with Gasteiger partial charge >= 0.3 is 0 Å². The SMILES string of the molecule is COc1cccc(OCCC(=O)N[C@H](CN2CCCC2)C(O)c2ccc3c(c2)OCCO3)c1. The van der Waals surface area contributed by atoms with E-state index in [1.807, 2.05) is 30.3 Å². The first-order valence-corrected chi connectivity index (χ1v) is 11.5. The van der Waals surface area contributed by atoms with Crippen molar-refractivity contribution in [1.82, 2.24) is 10.2 Å². The number of hydrogen-bond acceptors (Lipinski definition) is 7. The van der Waals surface area contributed by atoms with Gasteiger partial charge in [0.2, 0.25) is 5.91 Å². The highest BCUT2D eigenvalue weighted by Gasteiger charge is 2.27. The van der Waals surface area contributed by atoms with Gasteiger partial charge in [0.25, 0.3) is 0 Å². The van der Waals surface area contributed by atoms with Crippen LogP contribution in [-0.4, -0.2) is 68.5 Å². The standard InChI is InChI=1S/C25H32N2O6/c1-30-19-5-4-6-20(16-19)31-12-9-24(28)26-21(17-27-10-2-3-11-27)25(29)18-7-8-22-23(15-18)33-14-13-32-22/h4-8,15-16,21,25,29H,2-3,9-14,17H2,1H3,(H,26,28)/t21-,25?/m1/s1. The fourth-order valence-electron chi connectivity index (χ4n) is 4.18. The summed E-state index contributed by atoms with van der Waals surface area (Å²) in [6.45, 7) is 3.75. The summed E-state index contributed by atoms with van der Waals surface area (Å²) in [7, 11) is 1.60. The van der Waals surface area contributed by atoms with Crippen molar-refractivity contribution in [3.63, 3.8) is 0 Å². The predicted octanol–water partition coefficient (Wildman–Crippen LogP) is 2.55. The quantitative estimate of drug-likeness (QED) is 0.568. The molecule has 0 saturated carbocycles. The van der Waals surface area contributed by atoms with E-state index in [1.54, 1.807) is 19.2 Å². The molecular weight excluding hydrogens is 424 g/mol. The Kier molecular flexibility index (Phi) is 7.91. The number of aliphatic hydroxyl groups excluding tert-OH is 1. The second-order valence-electron chi connectivity index (χ2n) is 8.31. The highest BCUT2D eigenvalue weighted by Crippen LogP contribution is 2.33. The highest BCUT2D eigenvalue weighted by atomic mass is 16.6. The van der Waals surface area contributed by atoms with Crippen LogP contribution in [0.2, 0.25) is 0 Å². The number of aliphatic hydroxyl groups is 1. The van der Waals surface area contributed by atoms with Crippen molar-refractivity contribution < 1.29 is 28.8 Å². The molecule has 1 saturated heterocycles. The molecule has 2 aliphatic heterocycles. The van der Waals surface area contributed by atoms with Gasteiger partial charge in [0.05, 0.1) is 26.2 Å². The third kappa shape index (κ3) is 6.30. The zero-order chi connectivity index (χ0) is 23.0. The van der Waals surface area contributed by atoms with Gasteiger partial charge in [-0.15, -0.1) is 0 Å². The molecule has 8 heteroatoms. The Morgan fingerprint density at radius 2 is 1.85 bits per heavy atom. The Labute approximate surface area is 194 Å². The second-order valence-corrected chi connectivity index (χ2v) is 8.31. The number of methoxy groups -OCH3 is 1. The van der Waals surface area contributed by atoms with Crippen LogP contribution in [0.1, 0.15) is 30.9 Å². The van der Waals surface area contributed by atoms with Crippen LogP contribution in [0.5, 0.6) is 23.0 Å². The predicted molar refractivity (Wildman–Crippen MR) is 123 cm³/mol. The number of amides is 1. The maximum atomic E-state index is 12.7. The van der Waals surface area contributed by atoms with E-state index in [4.69, 9.17) is 18.9 Å². The lowest BCUT2D eigenvalue weighted by Gasteiger charge is -2.29. The summed E-state index contributed by atoms with van der Waals surface area (Å²) >= 11 is 0. The van der Waals surface area contributed by atoms with E-state index in [9.17, 15) is 9.90 Å². The summed E-state index contributed by atoms with van der Waals surface area (Å²) in [4.78, 5) is 15.0. The molecule has 178 valence electrons. The van der Waals surface area contributed by atoms with Crippen LogP contribution in [-0.2, 0) is 4.79 Å². The van der Waals surface area contributed by atoms with Crippen LogP contribution in [0.4, 0.5) is 0 Å². The number of carbonyl (C=O) groups is 1. The minimum atomic E-state index is -0.871. The van der Waals surface area contributed by atoms with Gasteiger partial charge in [-0.25, -0.2) is 0 Å². The molecule has 0 aromatic heterocycles. The average molecular weight is 457 g/mol. The molecule has 2 atom stereocenters. The molecule has 0 bridgehead atoms. The van der Waals surface area contributed by atoms with Crippen LogP contribution in [0.15, 0.2) is 42.5 Å². The number of carbonyl (C=O) groups excluding carboxylic acids is 1.